The molecule has 0 aliphatic carbocycles. The minimum Gasteiger partial charge on any atom is -0.490 e. The SMILES string of the molecule is C=CCOc1ccc(C[N-]c2nn[nH]n2)cc1. The number of hydrogen-bond donors (Lipinski definition) is 1. The summed E-state index contributed by atoms with van der Waals surface area (Å²) in [4.78, 5) is 0. The van der Waals surface area contributed by atoms with E-state index in [-0.39, 0.29) is 0 Å². The van der Waals surface area contributed by atoms with Crippen LogP contribution in [0.25, 0.3) is 5.32 Å². The third-order valence-corrected chi connectivity index (χ3v) is 2.03. The first-order valence-corrected chi connectivity index (χ1v) is 5.12. The number of nitrogens with zero attached hydrogens (tertiary/aromatic N) is 4. The molecule has 0 spiro atoms. The van der Waals surface area contributed by atoms with Crippen molar-refractivity contribution in [1.29, 1.82) is 0 Å². The van der Waals surface area contributed by atoms with Crippen molar-refractivity contribution in [2.24, 2.45) is 0 Å². The fourth-order valence-corrected chi connectivity index (χ4v) is 1.23. The molecule has 1 aromatic carbocycles. The molecule has 6 nitrogen and oxygen atoms in total. The maximum absolute atomic E-state index is 5.37. The second kappa shape index (κ2) is 5.64. The van der Waals surface area contributed by atoms with E-state index >= 15 is 0 Å². The lowest BCUT2D eigenvalue weighted by Crippen LogP contribution is -1.92. The van der Waals surface area contributed by atoms with Gasteiger partial charge in [-0.25, -0.2) is 0 Å². The van der Waals surface area contributed by atoms with Crippen molar-refractivity contribution in [3.63, 3.8) is 0 Å². The minimum absolute atomic E-state index is 0.358. The van der Waals surface area contributed by atoms with Crippen LogP contribution in [0, 0.1) is 0 Å². The molecule has 0 unspecified atom stereocenters. The normalized spacial score (nSPS) is 9.88. The molecule has 17 heavy (non-hydrogen) atoms. The molecule has 0 fully saturated rings. The molecule has 2 aromatic rings. The van der Waals surface area contributed by atoms with Crippen molar-refractivity contribution >= 4 is 5.95 Å². The Morgan fingerprint density at radius 1 is 1.35 bits per heavy atom. The summed E-state index contributed by atoms with van der Waals surface area (Å²) in [6.07, 6.45) is 1.71. The van der Waals surface area contributed by atoms with Gasteiger partial charge in [0, 0.05) is 6.54 Å². The monoisotopic (exact) mass is 230 g/mol. The highest BCUT2D eigenvalue weighted by molar-refractivity contribution is 5.33. The third kappa shape index (κ3) is 3.30. The predicted octanol–water partition coefficient (Wildman–Crippen LogP) is 1.97. The lowest BCUT2D eigenvalue weighted by Gasteiger charge is -2.08. The van der Waals surface area contributed by atoms with E-state index in [0.29, 0.717) is 19.1 Å². The van der Waals surface area contributed by atoms with Gasteiger partial charge >= 0.3 is 0 Å². The first-order chi connectivity index (χ1) is 8.38. The van der Waals surface area contributed by atoms with E-state index in [1.807, 2.05) is 24.3 Å². The highest BCUT2D eigenvalue weighted by Gasteiger charge is 1.94. The van der Waals surface area contributed by atoms with Crippen LogP contribution >= 0.6 is 0 Å². The van der Waals surface area contributed by atoms with Gasteiger partial charge < -0.3 is 10.1 Å². The summed E-state index contributed by atoms with van der Waals surface area (Å²) in [7, 11) is 0. The van der Waals surface area contributed by atoms with E-state index in [1.54, 1.807) is 6.08 Å². The van der Waals surface area contributed by atoms with Gasteiger partial charge in [0.2, 0.25) is 0 Å². The van der Waals surface area contributed by atoms with Crippen molar-refractivity contribution in [3.05, 3.63) is 47.8 Å². The molecule has 0 saturated carbocycles. The lowest BCUT2D eigenvalue weighted by atomic mass is 10.2. The van der Waals surface area contributed by atoms with Crippen molar-refractivity contribution < 1.29 is 4.74 Å². The van der Waals surface area contributed by atoms with Gasteiger partial charge in [-0.3, -0.25) is 15.4 Å². The summed E-state index contributed by atoms with van der Waals surface area (Å²) in [5, 5.41) is 17.4. The van der Waals surface area contributed by atoms with Gasteiger partial charge in [-0.1, -0.05) is 24.8 Å². The fraction of sp³-hybridized carbons (Fsp3) is 0.182. The largest absolute Gasteiger partial charge is 0.490 e. The van der Waals surface area contributed by atoms with Crippen molar-refractivity contribution in [3.8, 4) is 5.75 Å². The molecule has 0 radical (unpaired) electrons. The van der Waals surface area contributed by atoms with Gasteiger partial charge in [0.1, 0.15) is 12.4 Å². The first-order valence-electron chi connectivity index (χ1n) is 5.12. The smallest absolute Gasteiger partial charge is 0.119 e. The lowest BCUT2D eigenvalue weighted by molar-refractivity contribution is 0.363. The molecule has 0 atom stereocenters. The molecule has 88 valence electrons. The molecular formula is C11H12N5O-. The maximum atomic E-state index is 5.37. The molecule has 2 rings (SSSR count). The molecular weight excluding hydrogens is 218 g/mol. The van der Waals surface area contributed by atoms with Gasteiger partial charge in [-0.2, -0.15) is 0 Å². The zero-order chi connectivity index (χ0) is 11.9. The van der Waals surface area contributed by atoms with Crippen molar-refractivity contribution in [1.82, 2.24) is 20.6 Å². The maximum Gasteiger partial charge on any atom is 0.119 e. The molecule has 0 amide bonds. The second-order valence-corrected chi connectivity index (χ2v) is 3.27. The van der Waals surface area contributed by atoms with Crippen LogP contribution in [0.15, 0.2) is 36.9 Å². The Morgan fingerprint density at radius 2 is 2.18 bits per heavy atom. The van der Waals surface area contributed by atoms with Crippen LogP contribution < -0.4 is 4.74 Å². The highest BCUT2D eigenvalue weighted by atomic mass is 16.5. The Kier molecular flexibility index (Phi) is 3.69. The third-order valence-electron chi connectivity index (χ3n) is 2.03. The average Bonchev–Trinajstić information content (AvgIpc) is 2.88. The van der Waals surface area contributed by atoms with E-state index in [1.165, 1.54) is 0 Å². The number of aromatic amines is 1. The molecule has 6 heteroatoms. The van der Waals surface area contributed by atoms with Crippen LogP contribution in [0.2, 0.25) is 0 Å². The average molecular weight is 230 g/mol. The quantitative estimate of drug-likeness (QED) is 0.769. The first kappa shape index (κ1) is 11.1. The number of rotatable bonds is 6. The summed E-state index contributed by atoms with van der Waals surface area (Å²) < 4.78 is 5.37. The summed E-state index contributed by atoms with van der Waals surface area (Å²) in [6, 6.07) is 7.68. The van der Waals surface area contributed by atoms with Crippen molar-refractivity contribution in [2.75, 3.05) is 6.61 Å². The zero-order valence-electron chi connectivity index (χ0n) is 9.21. The van der Waals surface area contributed by atoms with E-state index in [4.69, 9.17) is 4.74 Å². The zero-order valence-corrected chi connectivity index (χ0v) is 9.21. The fourth-order valence-electron chi connectivity index (χ4n) is 1.23. The number of tetrazole rings is 1. The van der Waals surface area contributed by atoms with Crippen molar-refractivity contribution in [2.45, 2.75) is 6.54 Å². The Labute approximate surface area is 98.7 Å². The number of H-pyrrole nitrogens is 1. The summed E-state index contributed by atoms with van der Waals surface area (Å²) >= 11 is 0. The second-order valence-electron chi connectivity index (χ2n) is 3.27. The van der Waals surface area contributed by atoms with Gasteiger partial charge in [0.05, 0.1) is 5.95 Å². The van der Waals surface area contributed by atoms with Crippen LogP contribution in [0.3, 0.4) is 0 Å². The summed E-state index contributed by atoms with van der Waals surface area (Å²) in [5.41, 5.74) is 1.06. The Hall–Kier alpha value is -2.37. The van der Waals surface area contributed by atoms with Crippen LogP contribution in [-0.2, 0) is 6.54 Å². The molecule has 0 saturated heterocycles. The van der Waals surface area contributed by atoms with Crippen LogP contribution in [-0.4, -0.2) is 27.2 Å². The van der Waals surface area contributed by atoms with Gasteiger partial charge in [0.25, 0.3) is 0 Å². The predicted molar refractivity (Wildman–Crippen MR) is 63.0 cm³/mol. The Morgan fingerprint density at radius 3 is 2.82 bits per heavy atom. The Balaban J connectivity index is 1.87. The Bertz CT molecular complexity index is 451. The summed E-state index contributed by atoms with van der Waals surface area (Å²) in [6.45, 7) is 4.61. The van der Waals surface area contributed by atoms with E-state index in [0.717, 1.165) is 11.3 Å². The standard InChI is InChI=1S/C11H12N5O/c1-2-7-17-10-5-3-9(4-6-10)8-12-11-13-15-16-14-11/h2-6H,1,7-8H2,(H-,12,13,14,15,16)/q-1. The summed E-state index contributed by atoms with van der Waals surface area (Å²) in [5.74, 6) is 1.17. The number of ether oxygens (including phenoxy) is 1. The number of benzene rings is 1. The topological polar surface area (TPSA) is 77.8 Å². The molecule has 0 bridgehead atoms. The van der Waals surface area contributed by atoms with Crippen LogP contribution in [0.1, 0.15) is 5.56 Å². The molecule has 1 heterocycles. The number of aromatic nitrogens is 4. The van der Waals surface area contributed by atoms with E-state index in [9.17, 15) is 0 Å². The molecule has 1 aromatic heterocycles. The van der Waals surface area contributed by atoms with Crippen LogP contribution in [0.5, 0.6) is 5.75 Å². The van der Waals surface area contributed by atoms with Crippen LogP contribution in [0.4, 0.5) is 5.95 Å². The number of nitrogens with one attached hydrogen (secondary N) is 1. The van der Waals surface area contributed by atoms with Gasteiger partial charge in [-0.05, 0) is 17.7 Å². The van der Waals surface area contributed by atoms with Gasteiger partial charge in [-0.15, -0.1) is 5.21 Å². The van der Waals surface area contributed by atoms with E-state index < -0.39 is 0 Å². The minimum atomic E-state index is 0.358. The van der Waals surface area contributed by atoms with Gasteiger partial charge in [0.15, 0.2) is 0 Å². The molecule has 0 aliphatic heterocycles. The van der Waals surface area contributed by atoms with E-state index in [2.05, 4.69) is 32.5 Å². The number of hydrogen-bond acceptors (Lipinski definition) is 4. The molecule has 1 N–H and O–H groups in total. The highest BCUT2D eigenvalue weighted by Crippen LogP contribution is 2.17. The molecule has 0 aliphatic rings.